The molecule has 33 heavy (non-hydrogen) atoms. The van der Waals surface area contributed by atoms with Gasteiger partial charge in [0.25, 0.3) is 5.91 Å². The number of anilines is 2. The van der Waals surface area contributed by atoms with Crippen LogP contribution in [-0.2, 0) is 16.1 Å². The van der Waals surface area contributed by atoms with Crippen molar-refractivity contribution in [3.8, 4) is 0 Å². The van der Waals surface area contributed by atoms with E-state index in [1.165, 1.54) is 22.3 Å². The number of nitrogens with zero attached hydrogens (tertiary/aromatic N) is 5. The molecule has 2 aromatic carbocycles. The fourth-order valence-electron chi connectivity index (χ4n) is 3.71. The summed E-state index contributed by atoms with van der Waals surface area (Å²) in [6.45, 7) is 0.693. The van der Waals surface area contributed by atoms with Gasteiger partial charge < -0.3 is 0 Å². The maximum Gasteiger partial charge on any atom is 0.260 e. The number of imide groups is 1. The lowest BCUT2D eigenvalue weighted by Gasteiger charge is -2.20. The minimum atomic E-state index is -0.446. The fraction of sp³-hybridized carbons (Fsp3) is 0.174. The van der Waals surface area contributed by atoms with Crippen LogP contribution in [0.15, 0.2) is 60.9 Å². The third-order valence-corrected chi connectivity index (χ3v) is 6.41. The topological polar surface area (TPSA) is 88.4 Å². The first-order chi connectivity index (χ1) is 16.0. The average molecular weight is 463 g/mol. The van der Waals surface area contributed by atoms with Crippen LogP contribution in [0.2, 0.25) is 0 Å². The first-order valence-corrected chi connectivity index (χ1v) is 11.1. The number of fused-ring (bicyclic) bond motifs is 1. The van der Waals surface area contributed by atoms with Crippen LogP contribution >= 0.6 is 11.3 Å². The van der Waals surface area contributed by atoms with Crippen LogP contribution in [0, 0.1) is 5.82 Å². The van der Waals surface area contributed by atoms with Crippen LogP contribution in [0.3, 0.4) is 0 Å². The molecule has 0 saturated carbocycles. The average Bonchev–Trinajstić information content (AvgIpc) is 3.55. The molecule has 3 heterocycles. The van der Waals surface area contributed by atoms with E-state index in [-0.39, 0.29) is 42.6 Å². The van der Waals surface area contributed by atoms with E-state index >= 15 is 0 Å². The standard InChI is InChI=1S/C23H18FN5O3S/c24-17-3-1-4-18-21(17)26-23(33-18)28(14-13-27-12-2-11-25-27)22(32)15-5-7-16(8-6-15)29-19(30)9-10-20(29)31/h1-8,11-12H,9-10,13-14H2. The first-order valence-electron chi connectivity index (χ1n) is 10.3. The summed E-state index contributed by atoms with van der Waals surface area (Å²) in [4.78, 5) is 44.4. The Kier molecular flexibility index (Phi) is 5.43. The van der Waals surface area contributed by atoms with Gasteiger partial charge in [0.1, 0.15) is 11.3 Å². The molecule has 5 rings (SSSR count). The van der Waals surface area contributed by atoms with Gasteiger partial charge in [0.2, 0.25) is 11.8 Å². The van der Waals surface area contributed by atoms with Crippen LogP contribution in [0.5, 0.6) is 0 Å². The molecule has 8 nitrogen and oxygen atoms in total. The lowest BCUT2D eigenvalue weighted by Crippen LogP contribution is -2.34. The molecular weight excluding hydrogens is 445 g/mol. The van der Waals surface area contributed by atoms with E-state index in [1.807, 2.05) is 0 Å². The summed E-state index contributed by atoms with van der Waals surface area (Å²) in [5.41, 5.74) is 1.01. The van der Waals surface area contributed by atoms with Crippen LogP contribution in [0.1, 0.15) is 23.2 Å². The van der Waals surface area contributed by atoms with Gasteiger partial charge in [0.05, 0.1) is 16.9 Å². The Balaban J connectivity index is 1.46. The van der Waals surface area contributed by atoms with Crippen molar-refractivity contribution in [2.75, 3.05) is 16.3 Å². The third-order valence-electron chi connectivity index (χ3n) is 5.37. The molecule has 1 aliphatic rings. The summed E-state index contributed by atoms with van der Waals surface area (Å²) in [5, 5.41) is 4.55. The number of carbonyl (C=O) groups is 3. The molecule has 0 radical (unpaired) electrons. The van der Waals surface area contributed by atoms with Gasteiger partial charge in [-0.15, -0.1) is 0 Å². The van der Waals surface area contributed by atoms with Crippen molar-refractivity contribution in [2.24, 2.45) is 0 Å². The number of para-hydroxylation sites is 1. The van der Waals surface area contributed by atoms with E-state index in [1.54, 1.807) is 59.5 Å². The van der Waals surface area contributed by atoms with Crippen LogP contribution in [0.4, 0.5) is 15.2 Å². The van der Waals surface area contributed by atoms with E-state index in [4.69, 9.17) is 0 Å². The number of hydrogen-bond acceptors (Lipinski definition) is 6. The van der Waals surface area contributed by atoms with Crippen molar-refractivity contribution >= 4 is 50.1 Å². The zero-order chi connectivity index (χ0) is 22.9. The Morgan fingerprint density at radius 1 is 1.06 bits per heavy atom. The highest BCUT2D eigenvalue weighted by molar-refractivity contribution is 7.22. The number of thiazole rings is 1. The summed E-state index contributed by atoms with van der Waals surface area (Å²) in [7, 11) is 0. The van der Waals surface area contributed by atoms with Crippen LogP contribution in [0.25, 0.3) is 10.2 Å². The van der Waals surface area contributed by atoms with E-state index in [9.17, 15) is 18.8 Å². The molecule has 0 aliphatic carbocycles. The lowest BCUT2D eigenvalue weighted by atomic mass is 10.1. The molecule has 1 aliphatic heterocycles. The van der Waals surface area contributed by atoms with Crippen LogP contribution < -0.4 is 9.80 Å². The number of benzene rings is 2. The van der Waals surface area contributed by atoms with Crippen molar-refractivity contribution in [2.45, 2.75) is 19.4 Å². The zero-order valence-corrected chi connectivity index (χ0v) is 18.2. The quantitative estimate of drug-likeness (QED) is 0.408. The molecule has 0 unspecified atom stereocenters. The maximum absolute atomic E-state index is 14.2. The van der Waals surface area contributed by atoms with Gasteiger partial charge in [-0.3, -0.25) is 28.9 Å². The molecule has 3 amide bonds. The molecule has 0 spiro atoms. The number of amides is 3. The second-order valence-electron chi connectivity index (χ2n) is 7.48. The van der Waals surface area contributed by atoms with E-state index in [0.29, 0.717) is 27.6 Å². The molecule has 166 valence electrons. The Morgan fingerprint density at radius 3 is 2.48 bits per heavy atom. The fourth-order valence-corrected chi connectivity index (χ4v) is 4.72. The predicted molar refractivity (Wildman–Crippen MR) is 122 cm³/mol. The van der Waals surface area contributed by atoms with Crippen LogP contribution in [-0.4, -0.2) is 39.0 Å². The first kappa shape index (κ1) is 21.0. The molecule has 1 fully saturated rings. The number of hydrogen-bond donors (Lipinski definition) is 0. The lowest BCUT2D eigenvalue weighted by molar-refractivity contribution is -0.121. The SMILES string of the molecule is O=C(c1ccc(N2C(=O)CCC2=O)cc1)N(CCn1cccn1)c1nc2c(F)cccc2s1. The third kappa shape index (κ3) is 4.00. The summed E-state index contributed by atoms with van der Waals surface area (Å²) < 4.78 is 16.6. The predicted octanol–water partition coefficient (Wildman–Crippen LogP) is 3.63. The Hall–Kier alpha value is -3.92. The second-order valence-corrected chi connectivity index (χ2v) is 8.49. The van der Waals surface area contributed by atoms with Gasteiger partial charge in [-0.25, -0.2) is 9.37 Å². The molecule has 0 N–H and O–H groups in total. The minimum absolute atomic E-state index is 0.189. The molecule has 0 bridgehead atoms. The van der Waals surface area contributed by atoms with Gasteiger partial charge in [-0.2, -0.15) is 5.10 Å². The van der Waals surface area contributed by atoms with Gasteiger partial charge in [-0.1, -0.05) is 17.4 Å². The van der Waals surface area contributed by atoms with Gasteiger partial charge in [0, 0.05) is 37.3 Å². The van der Waals surface area contributed by atoms with E-state index in [0.717, 1.165) is 4.90 Å². The van der Waals surface area contributed by atoms with Crippen molar-refractivity contribution in [3.63, 3.8) is 0 Å². The summed E-state index contributed by atoms with van der Waals surface area (Å²) in [6.07, 6.45) is 3.82. The largest absolute Gasteiger partial charge is 0.282 e. The number of carbonyl (C=O) groups excluding carboxylic acids is 3. The number of aromatic nitrogens is 3. The normalized spacial score (nSPS) is 13.8. The highest BCUT2D eigenvalue weighted by atomic mass is 32.1. The molecule has 2 aromatic heterocycles. The smallest absolute Gasteiger partial charge is 0.260 e. The Bertz CT molecular complexity index is 1330. The monoisotopic (exact) mass is 463 g/mol. The second kappa shape index (κ2) is 8.55. The van der Waals surface area contributed by atoms with Crippen molar-refractivity contribution in [3.05, 3.63) is 72.3 Å². The molecule has 10 heteroatoms. The highest BCUT2D eigenvalue weighted by Crippen LogP contribution is 2.31. The molecular formula is C23H18FN5O3S. The number of halogens is 1. The molecule has 1 saturated heterocycles. The summed E-state index contributed by atoms with van der Waals surface area (Å²) >= 11 is 1.23. The van der Waals surface area contributed by atoms with E-state index in [2.05, 4.69) is 10.1 Å². The van der Waals surface area contributed by atoms with Gasteiger partial charge >= 0.3 is 0 Å². The number of rotatable bonds is 6. The summed E-state index contributed by atoms with van der Waals surface area (Å²) in [6, 6.07) is 12.8. The zero-order valence-electron chi connectivity index (χ0n) is 17.3. The van der Waals surface area contributed by atoms with Gasteiger partial charge in [-0.05, 0) is 42.5 Å². The van der Waals surface area contributed by atoms with Crippen molar-refractivity contribution in [1.82, 2.24) is 14.8 Å². The van der Waals surface area contributed by atoms with Crippen molar-refractivity contribution in [1.29, 1.82) is 0 Å². The Labute approximate surface area is 191 Å². The highest BCUT2D eigenvalue weighted by Gasteiger charge is 2.30. The Morgan fingerprint density at radius 2 is 1.82 bits per heavy atom. The summed E-state index contributed by atoms with van der Waals surface area (Å²) in [5.74, 6) is -1.28. The molecule has 0 atom stereocenters. The van der Waals surface area contributed by atoms with E-state index < -0.39 is 5.82 Å². The van der Waals surface area contributed by atoms with Crippen molar-refractivity contribution < 1.29 is 18.8 Å². The minimum Gasteiger partial charge on any atom is -0.282 e. The van der Waals surface area contributed by atoms with Gasteiger partial charge in [0.15, 0.2) is 5.13 Å². The molecule has 4 aromatic rings. The maximum atomic E-state index is 14.2.